The Morgan fingerprint density at radius 2 is 1.75 bits per heavy atom. The largest absolute Gasteiger partial charge is 0.362 e. The zero-order valence-corrected chi connectivity index (χ0v) is 24.9. The van der Waals surface area contributed by atoms with E-state index in [-0.39, 0.29) is 30.6 Å². The highest BCUT2D eigenvalue weighted by molar-refractivity contribution is 7.53. The molecule has 0 aromatic heterocycles. The van der Waals surface area contributed by atoms with Crippen molar-refractivity contribution in [2.45, 2.75) is 64.9 Å². The molecule has 0 unspecified atom stereocenters. The summed E-state index contributed by atoms with van der Waals surface area (Å²) in [6.45, 7) is 6.21. The lowest BCUT2D eigenvalue weighted by molar-refractivity contribution is -0.135. The fourth-order valence-corrected chi connectivity index (χ4v) is 5.49. The van der Waals surface area contributed by atoms with Crippen LogP contribution in [0.25, 0.3) is 0 Å². The van der Waals surface area contributed by atoms with Crippen LogP contribution >= 0.6 is 7.60 Å². The van der Waals surface area contributed by atoms with Gasteiger partial charge in [0.15, 0.2) is 0 Å². The molecular formula is C27H43N4O8P. The first-order valence-electron chi connectivity index (χ1n) is 13.3. The zero-order chi connectivity index (χ0) is 30.0. The summed E-state index contributed by atoms with van der Waals surface area (Å²) in [6, 6.07) is 7.05. The van der Waals surface area contributed by atoms with E-state index in [1.165, 1.54) is 0 Å². The van der Waals surface area contributed by atoms with Crippen LogP contribution < -0.4 is 16.0 Å². The van der Waals surface area contributed by atoms with Crippen LogP contribution in [0.5, 0.6) is 0 Å². The molecule has 0 radical (unpaired) electrons. The number of hydrogen-bond donors (Lipinski definition) is 3. The van der Waals surface area contributed by atoms with Crippen LogP contribution in [0.3, 0.4) is 0 Å². The van der Waals surface area contributed by atoms with E-state index in [1.54, 1.807) is 63.2 Å². The summed E-state index contributed by atoms with van der Waals surface area (Å²) in [7, 11) is 0.190. The lowest BCUT2D eigenvalue weighted by Gasteiger charge is -2.23. The van der Waals surface area contributed by atoms with Crippen LogP contribution in [0.15, 0.2) is 36.0 Å². The predicted molar refractivity (Wildman–Crippen MR) is 152 cm³/mol. The highest BCUT2D eigenvalue weighted by atomic mass is 31.2. The maximum absolute atomic E-state index is 12.7. The monoisotopic (exact) mass is 582 g/mol. The Hall–Kier alpha value is -3.05. The second-order valence-electron chi connectivity index (χ2n) is 8.96. The van der Waals surface area contributed by atoms with Gasteiger partial charge in [0.1, 0.15) is 18.6 Å². The number of carbonyl (C=O) groups excluding carboxylic acids is 4. The second kappa shape index (κ2) is 19.1. The van der Waals surface area contributed by atoms with Gasteiger partial charge in [-0.1, -0.05) is 12.1 Å². The number of carbonyl (C=O) groups is 4. The summed E-state index contributed by atoms with van der Waals surface area (Å²) >= 11 is 0. The van der Waals surface area contributed by atoms with Crippen LogP contribution in [-0.4, -0.2) is 75.6 Å². The van der Waals surface area contributed by atoms with Crippen molar-refractivity contribution in [3.8, 4) is 0 Å². The van der Waals surface area contributed by atoms with Gasteiger partial charge in [0.2, 0.25) is 18.2 Å². The number of anilines is 1. The van der Waals surface area contributed by atoms with E-state index in [0.717, 1.165) is 11.8 Å². The molecule has 2 atom stereocenters. The van der Waals surface area contributed by atoms with Crippen molar-refractivity contribution in [3.05, 3.63) is 41.6 Å². The molecule has 224 valence electrons. The SMILES string of the molecule is CCOP(=O)(Cc1ccc(NC(=O)CCCNC(=O)[C@@H]2CC[C@H](N(C)/C=C(/C)C=O)O2)cc1)OCC.CNC=O. The van der Waals surface area contributed by atoms with Crippen LogP contribution in [0.1, 0.15) is 52.0 Å². The average molecular weight is 583 g/mol. The van der Waals surface area contributed by atoms with Gasteiger partial charge in [-0.15, -0.1) is 0 Å². The number of allylic oxidation sites excluding steroid dienone is 1. The number of rotatable bonds is 16. The van der Waals surface area contributed by atoms with Gasteiger partial charge in [-0.05, 0) is 57.7 Å². The molecule has 1 aromatic rings. The Morgan fingerprint density at radius 3 is 2.30 bits per heavy atom. The summed E-state index contributed by atoms with van der Waals surface area (Å²) < 4.78 is 29.1. The number of ether oxygens (including phenoxy) is 1. The van der Waals surface area contributed by atoms with E-state index < -0.39 is 13.7 Å². The van der Waals surface area contributed by atoms with E-state index in [4.69, 9.17) is 18.6 Å². The molecule has 13 heteroatoms. The number of hydrogen-bond acceptors (Lipinski definition) is 9. The Bertz CT molecular complexity index is 1010. The molecule has 0 saturated carbocycles. The quantitative estimate of drug-likeness (QED) is 0.115. The third-order valence-corrected chi connectivity index (χ3v) is 7.66. The van der Waals surface area contributed by atoms with Crippen LogP contribution in [0, 0.1) is 0 Å². The molecule has 0 aliphatic carbocycles. The van der Waals surface area contributed by atoms with E-state index in [2.05, 4.69) is 16.0 Å². The van der Waals surface area contributed by atoms with Crippen molar-refractivity contribution in [3.63, 3.8) is 0 Å². The molecule has 2 rings (SSSR count). The van der Waals surface area contributed by atoms with Gasteiger partial charge in [-0.2, -0.15) is 0 Å². The van der Waals surface area contributed by atoms with Gasteiger partial charge in [0.05, 0.1) is 19.4 Å². The molecule has 40 heavy (non-hydrogen) atoms. The standard InChI is InChI=1S/C25H38N3O7P.C2H5NO/c1-5-33-36(32,34-6-2)18-20-9-11-21(12-10-20)27-23(30)8-7-15-26-25(31)22-13-14-24(35-22)28(4)16-19(3)17-29;1-3-2-4/h9-12,16-17,22,24H,5-8,13-15,18H2,1-4H3,(H,26,31)(H,27,30);2H,1H3,(H,3,4)/b19-16-;/t22-,24+;/m0./s1. The molecule has 0 spiro atoms. The maximum atomic E-state index is 12.7. The topological polar surface area (TPSA) is 152 Å². The summed E-state index contributed by atoms with van der Waals surface area (Å²) in [5.74, 6) is -0.364. The van der Waals surface area contributed by atoms with Gasteiger partial charge in [-0.3, -0.25) is 23.7 Å². The van der Waals surface area contributed by atoms with Gasteiger partial charge in [-0.25, -0.2) is 0 Å². The van der Waals surface area contributed by atoms with Crippen molar-refractivity contribution >= 4 is 37.8 Å². The van der Waals surface area contributed by atoms with E-state index in [1.807, 2.05) is 7.05 Å². The Morgan fingerprint density at radius 1 is 1.12 bits per heavy atom. The summed E-state index contributed by atoms with van der Waals surface area (Å²) in [5.41, 5.74) is 2.00. The zero-order valence-electron chi connectivity index (χ0n) is 24.0. The van der Waals surface area contributed by atoms with Crippen molar-refractivity contribution in [2.24, 2.45) is 0 Å². The fraction of sp³-hybridized carbons (Fsp3) is 0.556. The van der Waals surface area contributed by atoms with Crippen LogP contribution in [0.2, 0.25) is 0 Å². The Kier molecular flexibility index (Phi) is 16.7. The molecule has 1 aliphatic heterocycles. The van der Waals surface area contributed by atoms with Crippen molar-refractivity contribution in [2.75, 3.05) is 39.2 Å². The molecule has 1 aliphatic rings. The molecule has 12 nitrogen and oxygen atoms in total. The summed E-state index contributed by atoms with van der Waals surface area (Å²) in [4.78, 5) is 46.3. The first-order valence-corrected chi connectivity index (χ1v) is 15.0. The number of nitrogens with zero attached hydrogens (tertiary/aromatic N) is 1. The predicted octanol–water partition coefficient (Wildman–Crippen LogP) is 3.19. The van der Waals surface area contributed by atoms with Gasteiger partial charge in [0, 0.05) is 44.5 Å². The lowest BCUT2D eigenvalue weighted by atomic mass is 10.2. The number of nitrogens with one attached hydrogen (secondary N) is 3. The highest BCUT2D eigenvalue weighted by Crippen LogP contribution is 2.51. The molecule has 1 fully saturated rings. The second-order valence-corrected chi connectivity index (χ2v) is 11.0. The molecule has 0 bridgehead atoms. The highest BCUT2D eigenvalue weighted by Gasteiger charge is 2.32. The van der Waals surface area contributed by atoms with Gasteiger partial charge < -0.3 is 34.6 Å². The van der Waals surface area contributed by atoms with Crippen molar-refractivity contribution in [1.82, 2.24) is 15.5 Å². The Labute approximate surface area is 236 Å². The van der Waals surface area contributed by atoms with Crippen LogP contribution in [-0.2, 0) is 43.7 Å². The minimum absolute atomic E-state index is 0.164. The molecule has 3 amide bonds. The molecule has 1 heterocycles. The average Bonchev–Trinajstić information content (AvgIpc) is 3.43. The molecular weight excluding hydrogens is 539 g/mol. The molecule has 3 N–H and O–H groups in total. The van der Waals surface area contributed by atoms with E-state index >= 15 is 0 Å². The number of benzene rings is 1. The van der Waals surface area contributed by atoms with Crippen molar-refractivity contribution < 1.29 is 37.5 Å². The maximum Gasteiger partial charge on any atom is 0.335 e. The van der Waals surface area contributed by atoms with E-state index in [9.17, 15) is 18.9 Å². The third-order valence-electron chi connectivity index (χ3n) is 5.60. The molecule has 1 aromatic carbocycles. The first kappa shape index (κ1) is 35.0. The normalized spacial score (nSPS) is 16.8. The van der Waals surface area contributed by atoms with Gasteiger partial charge >= 0.3 is 7.60 Å². The summed E-state index contributed by atoms with van der Waals surface area (Å²) in [6.07, 6.45) is 4.48. The first-order chi connectivity index (χ1) is 19.1. The van der Waals surface area contributed by atoms with E-state index in [0.29, 0.717) is 56.7 Å². The van der Waals surface area contributed by atoms with Gasteiger partial charge in [0.25, 0.3) is 0 Å². The lowest BCUT2D eigenvalue weighted by Crippen LogP contribution is -2.37. The summed E-state index contributed by atoms with van der Waals surface area (Å²) in [5, 5.41) is 7.89. The fourth-order valence-electron chi connectivity index (χ4n) is 3.78. The number of aldehydes is 1. The number of amides is 3. The molecule has 1 saturated heterocycles. The third kappa shape index (κ3) is 13.3. The minimum atomic E-state index is -3.18. The van der Waals surface area contributed by atoms with Crippen molar-refractivity contribution in [1.29, 1.82) is 0 Å². The smallest absolute Gasteiger partial charge is 0.335 e. The van der Waals surface area contributed by atoms with Crippen LogP contribution in [0.4, 0.5) is 5.69 Å². The Balaban J connectivity index is 0.00000187. The minimum Gasteiger partial charge on any atom is -0.362 e.